The van der Waals surface area contributed by atoms with Crippen molar-refractivity contribution in [2.45, 2.75) is 13.0 Å². The fraction of sp³-hybridized carbons (Fsp3) is 0.182. The zero-order chi connectivity index (χ0) is 21.1. The highest BCUT2D eigenvalue weighted by Crippen LogP contribution is 2.25. The quantitative estimate of drug-likeness (QED) is 0.665. The summed E-state index contributed by atoms with van der Waals surface area (Å²) in [5, 5.41) is 2.73. The van der Waals surface area contributed by atoms with Gasteiger partial charge in [-0.05, 0) is 54.4 Å². The molecule has 0 aliphatic carbocycles. The van der Waals surface area contributed by atoms with E-state index in [2.05, 4.69) is 5.32 Å². The molecule has 2 heterocycles. The first kappa shape index (κ1) is 19.6. The minimum absolute atomic E-state index is 0.110. The van der Waals surface area contributed by atoms with Gasteiger partial charge in [0, 0.05) is 37.1 Å². The molecule has 0 atom stereocenters. The van der Waals surface area contributed by atoms with Crippen LogP contribution in [0.5, 0.6) is 0 Å². The van der Waals surface area contributed by atoms with E-state index >= 15 is 0 Å². The number of hydrogen-bond acceptors (Lipinski definition) is 3. The van der Waals surface area contributed by atoms with E-state index in [4.69, 9.17) is 4.42 Å². The predicted octanol–water partition coefficient (Wildman–Crippen LogP) is 4.64. The lowest BCUT2D eigenvalue weighted by Crippen LogP contribution is -2.49. The second-order valence-electron chi connectivity index (χ2n) is 6.97. The fourth-order valence-corrected chi connectivity index (χ4v) is 3.44. The Balaban J connectivity index is 1.49. The van der Waals surface area contributed by atoms with Crippen molar-refractivity contribution in [1.29, 1.82) is 0 Å². The molecule has 6 nitrogen and oxygen atoms in total. The monoisotopic (exact) mass is 411 g/mol. The van der Waals surface area contributed by atoms with Crippen LogP contribution in [0.4, 0.5) is 25.0 Å². The molecule has 2 aromatic carbocycles. The SMILES string of the molecule is O=C(Nc1cccc(N2CCCN(Cc3cc(F)cc(F)c3)C2=O)c1)c1ccco1. The molecule has 0 spiro atoms. The van der Waals surface area contributed by atoms with Gasteiger partial charge >= 0.3 is 6.03 Å². The maximum Gasteiger partial charge on any atom is 0.324 e. The van der Waals surface area contributed by atoms with Gasteiger partial charge in [-0.1, -0.05) is 6.07 Å². The molecule has 1 aliphatic rings. The smallest absolute Gasteiger partial charge is 0.324 e. The molecule has 1 saturated heterocycles. The summed E-state index contributed by atoms with van der Waals surface area (Å²) in [6.45, 7) is 1.10. The number of furan rings is 1. The van der Waals surface area contributed by atoms with Crippen LogP contribution in [-0.4, -0.2) is 29.9 Å². The van der Waals surface area contributed by atoms with E-state index in [1.165, 1.54) is 18.4 Å². The molecule has 0 saturated carbocycles. The minimum atomic E-state index is -0.675. The summed E-state index contributed by atoms with van der Waals surface area (Å²) in [6.07, 6.45) is 2.11. The third-order valence-electron chi connectivity index (χ3n) is 4.77. The van der Waals surface area contributed by atoms with Crippen molar-refractivity contribution in [2.75, 3.05) is 23.3 Å². The van der Waals surface area contributed by atoms with Crippen molar-refractivity contribution in [1.82, 2.24) is 4.90 Å². The first-order chi connectivity index (χ1) is 14.5. The molecule has 30 heavy (non-hydrogen) atoms. The lowest BCUT2D eigenvalue weighted by molar-refractivity contribution is 0.0996. The molecule has 1 fully saturated rings. The first-order valence-electron chi connectivity index (χ1n) is 9.46. The number of urea groups is 1. The average molecular weight is 411 g/mol. The second kappa shape index (κ2) is 8.36. The lowest BCUT2D eigenvalue weighted by Gasteiger charge is -2.36. The number of carbonyl (C=O) groups is 2. The van der Waals surface area contributed by atoms with Gasteiger partial charge in [0.1, 0.15) is 11.6 Å². The van der Waals surface area contributed by atoms with Gasteiger partial charge in [-0.15, -0.1) is 0 Å². The Labute approximate surface area is 171 Å². The number of rotatable bonds is 5. The van der Waals surface area contributed by atoms with Crippen LogP contribution in [0, 0.1) is 11.6 Å². The average Bonchev–Trinajstić information content (AvgIpc) is 3.24. The van der Waals surface area contributed by atoms with Gasteiger partial charge in [0.2, 0.25) is 0 Å². The number of carbonyl (C=O) groups excluding carboxylic acids is 2. The molecule has 8 heteroatoms. The van der Waals surface area contributed by atoms with Gasteiger partial charge in [0.05, 0.1) is 6.26 Å². The van der Waals surface area contributed by atoms with E-state index in [1.54, 1.807) is 46.2 Å². The van der Waals surface area contributed by atoms with E-state index in [0.717, 1.165) is 6.07 Å². The Hall–Kier alpha value is -3.68. The van der Waals surface area contributed by atoms with Gasteiger partial charge in [0.25, 0.3) is 5.91 Å². The van der Waals surface area contributed by atoms with Crippen LogP contribution >= 0.6 is 0 Å². The molecule has 0 bridgehead atoms. The van der Waals surface area contributed by atoms with E-state index in [0.29, 0.717) is 36.4 Å². The van der Waals surface area contributed by atoms with Crippen LogP contribution < -0.4 is 10.2 Å². The number of anilines is 2. The maximum absolute atomic E-state index is 13.5. The molecule has 3 amide bonds. The molecular weight excluding hydrogens is 392 g/mol. The summed E-state index contributed by atoms with van der Waals surface area (Å²) in [5.41, 5.74) is 1.53. The summed E-state index contributed by atoms with van der Waals surface area (Å²) in [4.78, 5) is 28.3. The molecule has 0 unspecified atom stereocenters. The van der Waals surface area contributed by atoms with Gasteiger partial charge in [-0.25, -0.2) is 13.6 Å². The van der Waals surface area contributed by atoms with Crippen LogP contribution in [0.3, 0.4) is 0 Å². The Morgan fingerprint density at radius 3 is 2.57 bits per heavy atom. The van der Waals surface area contributed by atoms with Crippen molar-refractivity contribution in [3.05, 3.63) is 83.8 Å². The van der Waals surface area contributed by atoms with Crippen LogP contribution in [0.25, 0.3) is 0 Å². The van der Waals surface area contributed by atoms with Gasteiger partial charge in [-0.3, -0.25) is 9.69 Å². The zero-order valence-corrected chi connectivity index (χ0v) is 16.0. The van der Waals surface area contributed by atoms with Crippen LogP contribution in [0.1, 0.15) is 22.5 Å². The van der Waals surface area contributed by atoms with Crippen molar-refractivity contribution >= 4 is 23.3 Å². The third-order valence-corrected chi connectivity index (χ3v) is 4.77. The Bertz CT molecular complexity index is 1050. The number of hydrogen-bond donors (Lipinski definition) is 1. The predicted molar refractivity (Wildman–Crippen MR) is 107 cm³/mol. The molecule has 1 N–H and O–H groups in total. The Morgan fingerprint density at radius 2 is 1.83 bits per heavy atom. The van der Waals surface area contributed by atoms with Crippen LogP contribution in [0.15, 0.2) is 65.3 Å². The summed E-state index contributed by atoms with van der Waals surface area (Å²) in [7, 11) is 0. The molecule has 1 aromatic heterocycles. The standard InChI is InChI=1S/C22H19F2N3O3/c23-16-10-15(11-17(24)12-16)14-26-7-3-8-27(22(26)29)19-5-1-4-18(13-19)25-21(28)20-6-2-9-30-20/h1-2,4-6,9-13H,3,7-8,14H2,(H,25,28). The topological polar surface area (TPSA) is 65.8 Å². The van der Waals surface area contributed by atoms with Crippen LogP contribution in [-0.2, 0) is 6.54 Å². The van der Waals surface area contributed by atoms with Crippen molar-refractivity contribution in [3.8, 4) is 0 Å². The summed E-state index contributed by atoms with van der Waals surface area (Å²) >= 11 is 0. The summed E-state index contributed by atoms with van der Waals surface area (Å²) in [5.74, 6) is -1.56. The fourth-order valence-electron chi connectivity index (χ4n) is 3.44. The van der Waals surface area contributed by atoms with Gasteiger partial charge < -0.3 is 14.6 Å². The second-order valence-corrected chi connectivity index (χ2v) is 6.97. The largest absolute Gasteiger partial charge is 0.459 e. The molecule has 154 valence electrons. The van der Waals surface area contributed by atoms with Crippen molar-refractivity contribution in [3.63, 3.8) is 0 Å². The van der Waals surface area contributed by atoms with E-state index in [1.807, 2.05) is 0 Å². The van der Waals surface area contributed by atoms with Gasteiger partial charge in [0.15, 0.2) is 5.76 Å². The number of halogens is 2. The maximum atomic E-state index is 13.5. The molecule has 1 aliphatic heterocycles. The highest BCUT2D eigenvalue weighted by molar-refractivity contribution is 6.02. The molecule has 4 rings (SSSR count). The number of nitrogens with zero attached hydrogens (tertiary/aromatic N) is 2. The number of amides is 3. The molecule has 3 aromatic rings. The molecular formula is C22H19F2N3O3. The first-order valence-corrected chi connectivity index (χ1v) is 9.46. The zero-order valence-electron chi connectivity index (χ0n) is 16.0. The number of nitrogens with one attached hydrogen (secondary N) is 1. The highest BCUT2D eigenvalue weighted by atomic mass is 19.1. The summed E-state index contributed by atoms with van der Waals surface area (Å²) < 4.78 is 32.0. The normalized spacial score (nSPS) is 14.1. The van der Waals surface area contributed by atoms with E-state index in [-0.39, 0.29) is 18.3 Å². The van der Waals surface area contributed by atoms with Crippen molar-refractivity contribution in [2.24, 2.45) is 0 Å². The van der Waals surface area contributed by atoms with Gasteiger partial charge in [-0.2, -0.15) is 0 Å². The van der Waals surface area contributed by atoms with Crippen LogP contribution in [0.2, 0.25) is 0 Å². The van der Waals surface area contributed by atoms with Crippen molar-refractivity contribution < 1.29 is 22.8 Å². The Kier molecular flexibility index (Phi) is 5.47. The number of benzene rings is 2. The van der Waals surface area contributed by atoms with E-state index in [9.17, 15) is 18.4 Å². The summed E-state index contributed by atoms with van der Waals surface area (Å²) in [6, 6.07) is 13.1. The Morgan fingerprint density at radius 1 is 1.03 bits per heavy atom. The third kappa shape index (κ3) is 4.32. The van der Waals surface area contributed by atoms with E-state index < -0.39 is 17.5 Å². The minimum Gasteiger partial charge on any atom is -0.459 e. The highest BCUT2D eigenvalue weighted by Gasteiger charge is 2.27. The molecule has 0 radical (unpaired) electrons. The lowest BCUT2D eigenvalue weighted by atomic mass is 10.1.